The first-order valence-corrected chi connectivity index (χ1v) is 6.32. The van der Waals surface area contributed by atoms with Crippen LogP contribution in [0.4, 0.5) is 0 Å². The number of rotatable bonds is 3. The van der Waals surface area contributed by atoms with E-state index in [2.05, 4.69) is 10.1 Å². The van der Waals surface area contributed by atoms with Crippen LogP contribution in [0.1, 0.15) is 56.2 Å². The molecule has 4 heteroatoms. The summed E-state index contributed by atoms with van der Waals surface area (Å²) in [5, 5.41) is 4.06. The van der Waals surface area contributed by atoms with E-state index in [1.54, 1.807) is 0 Å². The lowest BCUT2D eigenvalue weighted by molar-refractivity contribution is 0.370. The van der Waals surface area contributed by atoms with Crippen LogP contribution in [-0.2, 0) is 6.42 Å². The summed E-state index contributed by atoms with van der Waals surface area (Å²) in [5.74, 6) is 2.65. The number of hydrogen-bond donors (Lipinski definition) is 0. The molecule has 0 spiro atoms. The molecule has 15 heavy (non-hydrogen) atoms. The van der Waals surface area contributed by atoms with E-state index in [1.807, 2.05) is 0 Å². The van der Waals surface area contributed by atoms with E-state index in [0.717, 1.165) is 5.82 Å². The summed E-state index contributed by atoms with van der Waals surface area (Å²) in [5.41, 5.74) is 0. The van der Waals surface area contributed by atoms with E-state index < -0.39 is 0 Å². The zero-order chi connectivity index (χ0) is 10.5. The SMILES string of the molecule is ClCCc1nc(C2CCCCCC2)no1. The second-order valence-electron chi connectivity index (χ2n) is 4.17. The van der Waals surface area contributed by atoms with Crippen molar-refractivity contribution in [2.45, 2.75) is 50.9 Å². The van der Waals surface area contributed by atoms with E-state index in [9.17, 15) is 0 Å². The maximum Gasteiger partial charge on any atom is 0.227 e. The molecule has 1 heterocycles. The van der Waals surface area contributed by atoms with E-state index in [4.69, 9.17) is 16.1 Å². The molecule has 3 nitrogen and oxygen atoms in total. The fourth-order valence-corrected chi connectivity index (χ4v) is 2.32. The Hall–Kier alpha value is -0.570. The van der Waals surface area contributed by atoms with Crippen molar-refractivity contribution in [3.63, 3.8) is 0 Å². The number of nitrogens with zero attached hydrogens (tertiary/aromatic N) is 2. The Morgan fingerprint density at radius 1 is 1.20 bits per heavy atom. The molecule has 1 aliphatic carbocycles. The minimum Gasteiger partial charge on any atom is -0.339 e. The van der Waals surface area contributed by atoms with Crippen molar-refractivity contribution < 1.29 is 4.52 Å². The van der Waals surface area contributed by atoms with E-state index in [1.165, 1.54) is 38.5 Å². The molecule has 0 aromatic carbocycles. The van der Waals surface area contributed by atoms with Crippen molar-refractivity contribution in [2.24, 2.45) is 0 Å². The first-order valence-electron chi connectivity index (χ1n) is 5.78. The molecule has 1 saturated carbocycles. The van der Waals surface area contributed by atoms with Crippen LogP contribution in [0.25, 0.3) is 0 Å². The van der Waals surface area contributed by atoms with Crippen LogP contribution in [0.2, 0.25) is 0 Å². The Bertz CT molecular complexity index is 293. The fraction of sp³-hybridized carbons (Fsp3) is 0.818. The van der Waals surface area contributed by atoms with Crippen LogP contribution in [0.15, 0.2) is 4.52 Å². The van der Waals surface area contributed by atoms with Gasteiger partial charge in [-0.25, -0.2) is 0 Å². The smallest absolute Gasteiger partial charge is 0.227 e. The van der Waals surface area contributed by atoms with Gasteiger partial charge in [-0.05, 0) is 12.8 Å². The average Bonchev–Trinajstić information content (AvgIpc) is 2.53. The van der Waals surface area contributed by atoms with Gasteiger partial charge in [0.1, 0.15) is 0 Å². The maximum absolute atomic E-state index is 5.63. The summed E-state index contributed by atoms with van der Waals surface area (Å²) in [6.45, 7) is 0. The molecular weight excluding hydrogens is 212 g/mol. The number of alkyl halides is 1. The van der Waals surface area contributed by atoms with Crippen LogP contribution in [0.5, 0.6) is 0 Å². The molecule has 1 fully saturated rings. The quantitative estimate of drug-likeness (QED) is 0.589. The monoisotopic (exact) mass is 228 g/mol. The van der Waals surface area contributed by atoms with Gasteiger partial charge in [0.15, 0.2) is 5.82 Å². The third kappa shape index (κ3) is 2.94. The largest absolute Gasteiger partial charge is 0.339 e. The molecule has 0 aliphatic heterocycles. The molecule has 0 saturated heterocycles. The van der Waals surface area contributed by atoms with Gasteiger partial charge in [-0.2, -0.15) is 4.98 Å². The van der Waals surface area contributed by atoms with Crippen LogP contribution in [-0.4, -0.2) is 16.0 Å². The molecule has 0 bridgehead atoms. The Morgan fingerprint density at radius 2 is 1.93 bits per heavy atom. The van der Waals surface area contributed by atoms with Crippen LogP contribution >= 0.6 is 11.6 Å². The molecule has 0 atom stereocenters. The van der Waals surface area contributed by atoms with Gasteiger partial charge in [-0.15, -0.1) is 11.6 Å². The Labute approximate surface area is 95.2 Å². The van der Waals surface area contributed by atoms with Crippen LogP contribution in [0, 0.1) is 0 Å². The highest BCUT2D eigenvalue weighted by Crippen LogP contribution is 2.29. The van der Waals surface area contributed by atoms with Gasteiger partial charge < -0.3 is 4.52 Å². The number of aromatic nitrogens is 2. The lowest BCUT2D eigenvalue weighted by atomic mass is 10.00. The third-order valence-corrected chi connectivity index (χ3v) is 3.20. The van der Waals surface area contributed by atoms with E-state index in [0.29, 0.717) is 24.1 Å². The van der Waals surface area contributed by atoms with Crippen molar-refractivity contribution in [1.82, 2.24) is 10.1 Å². The summed E-state index contributed by atoms with van der Waals surface area (Å²) in [4.78, 5) is 4.40. The van der Waals surface area contributed by atoms with E-state index in [-0.39, 0.29) is 0 Å². The number of hydrogen-bond acceptors (Lipinski definition) is 3. The predicted octanol–water partition coefficient (Wildman–Crippen LogP) is 3.29. The zero-order valence-electron chi connectivity index (χ0n) is 8.91. The molecule has 0 radical (unpaired) electrons. The average molecular weight is 229 g/mol. The second-order valence-corrected chi connectivity index (χ2v) is 4.55. The van der Waals surface area contributed by atoms with Gasteiger partial charge in [-0.3, -0.25) is 0 Å². The maximum atomic E-state index is 5.63. The van der Waals surface area contributed by atoms with Crippen molar-refractivity contribution in [2.75, 3.05) is 5.88 Å². The van der Waals surface area contributed by atoms with Gasteiger partial charge >= 0.3 is 0 Å². The summed E-state index contributed by atoms with van der Waals surface area (Å²) in [7, 11) is 0. The highest BCUT2D eigenvalue weighted by molar-refractivity contribution is 6.17. The predicted molar refractivity (Wildman–Crippen MR) is 59.2 cm³/mol. The Kier molecular flexibility index (Phi) is 4.01. The molecule has 1 aromatic rings. The van der Waals surface area contributed by atoms with Gasteiger partial charge in [0, 0.05) is 18.2 Å². The Morgan fingerprint density at radius 3 is 2.60 bits per heavy atom. The molecule has 2 rings (SSSR count). The first kappa shape index (κ1) is 10.9. The number of halogens is 1. The summed E-state index contributed by atoms with van der Waals surface area (Å²) in [6.07, 6.45) is 8.39. The topological polar surface area (TPSA) is 38.9 Å². The molecular formula is C11H17ClN2O. The van der Waals surface area contributed by atoms with Crippen molar-refractivity contribution in [3.05, 3.63) is 11.7 Å². The van der Waals surface area contributed by atoms with Crippen LogP contribution < -0.4 is 0 Å². The van der Waals surface area contributed by atoms with Gasteiger partial charge in [0.2, 0.25) is 5.89 Å². The van der Waals surface area contributed by atoms with Crippen molar-refractivity contribution >= 4 is 11.6 Å². The third-order valence-electron chi connectivity index (χ3n) is 3.01. The van der Waals surface area contributed by atoms with Crippen molar-refractivity contribution in [3.8, 4) is 0 Å². The molecule has 0 N–H and O–H groups in total. The summed E-state index contributed by atoms with van der Waals surface area (Å²) in [6, 6.07) is 0. The second kappa shape index (κ2) is 5.50. The minimum absolute atomic E-state index is 0.514. The first-order chi connectivity index (χ1) is 7.40. The van der Waals surface area contributed by atoms with Gasteiger partial charge in [-0.1, -0.05) is 30.8 Å². The Balaban J connectivity index is 2.00. The summed E-state index contributed by atoms with van der Waals surface area (Å²) >= 11 is 5.63. The normalized spacial score (nSPS) is 19.0. The molecule has 1 aliphatic rings. The molecule has 84 valence electrons. The highest BCUT2D eigenvalue weighted by atomic mass is 35.5. The lowest BCUT2D eigenvalue weighted by Gasteiger charge is -2.07. The molecule has 1 aromatic heterocycles. The fourth-order valence-electron chi connectivity index (χ4n) is 2.15. The zero-order valence-corrected chi connectivity index (χ0v) is 9.67. The minimum atomic E-state index is 0.514. The van der Waals surface area contributed by atoms with Gasteiger partial charge in [0.25, 0.3) is 0 Å². The highest BCUT2D eigenvalue weighted by Gasteiger charge is 2.19. The lowest BCUT2D eigenvalue weighted by Crippen LogP contribution is -2.00. The van der Waals surface area contributed by atoms with E-state index >= 15 is 0 Å². The molecule has 0 unspecified atom stereocenters. The number of aryl methyl sites for hydroxylation is 1. The standard InChI is InChI=1S/C11H17ClN2O/c12-8-7-10-13-11(14-15-10)9-5-3-1-2-4-6-9/h9H,1-8H2. The summed E-state index contributed by atoms with van der Waals surface area (Å²) < 4.78 is 5.15. The molecule has 0 amide bonds. The van der Waals surface area contributed by atoms with Crippen molar-refractivity contribution in [1.29, 1.82) is 0 Å². The van der Waals surface area contributed by atoms with Crippen LogP contribution in [0.3, 0.4) is 0 Å². The van der Waals surface area contributed by atoms with Gasteiger partial charge in [0.05, 0.1) is 0 Å².